The molecule has 11 heteroatoms. The molecule has 10 nitrogen and oxygen atoms in total. The lowest BCUT2D eigenvalue weighted by Gasteiger charge is -2.09. The summed E-state index contributed by atoms with van der Waals surface area (Å²) in [5, 5.41) is 10.0. The van der Waals surface area contributed by atoms with Gasteiger partial charge in [0.15, 0.2) is 5.82 Å². The van der Waals surface area contributed by atoms with Gasteiger partial charge in [-0.05, 0) is 24.3 Å². The number of rotatable bonds is 6. The van der Waals surface area contributed by atoms with E-state index in [0.29, 0.717) is 0 Å². The molecule has 0 aliphatic carbocycles. The van der Waals surface area contributed by atoms with Crippen LogP contribution in [-0.2, 0) is 9.84 Å². The number of hydrogen-bond donors (Lipinski definition) is 3. The van der Waals surface area contributed by atoms with Crippen molar-refractivity contribution in [2.75, 3.05) is 22.6 Å². The third kappa shape index (κ3) is 4.36. The molecule has 0 atom stereocenters. The minimum absolute atomic E-state index is 0.0391. The molecule has 0 radical (unpaired) electrons. The summed E-state index contributed by atoms with van der Waals surface area (Å²) >= 11 is 0. The topological polar surface area (TPSA) is 141 Å². The zero-order valence-corrected chi connectivity index (χ0v) is 16.7. The van der Waals surface area contributed by atoms with Crippen molar-refractivity contribution >= 4 is 38.9 Å². The number of nitrogens with two attached hydrogens (primary N) is 1. The lowest BCUT2D eigenvalue weighted by Crippen LogP contribution is -2.12. The normalized spacial score (nSPS) is 11.2. The Balaban J connectivity index is 1.73. The highest BCUT2D eigenvalue weighted by Crippen LogP contribution is 2.21. The average molecular weight is 422 g/mol. The summed E-state index contributed by atoms with van der Waals surface area (Å²) in [4.78, 5) is 12.4. The molecule has 2 aromatic carbocycles. The number of nitrogens with one attached hydrogen (secondary N) is 2. The number of benzene rings is 2. The third-order valence-electron chi connectivity index (χ3n) is 3.95. The Kier molecular flexibility index (Phi) is 5.02. The van der Waals surface area contributed by atoms with E-state index in [1.807, 2.05) is 60.7 Å². The predicted molar refractivity (Wildman–Crippen MR) is 114 cm³/mol. The standard InChI is InChI=1S/C19H18N8O2S/c1-30(28,29)19-23-15(21-13-8-4-2-5-9-13)12-16(24-19)27-17(20)25-18(26-27)22-14-10-6-3-7-11-14/h2-12H,1H3,(H,21,23,24)(H3,20,22,25,26). The maximum atomic E-state index is 12.1. The highest BCUT2D eigenvalue weighted by Gasteiger charge is 2.18. The van der Waals surface area contributed by atoms with E-state index >= 15 is 0 Å². The van der Waals surface area contributed by atoms with E-state index in [-0.39, 0.29) is 28.7 Å². The van der Waals surface area contributed by atoms with Gasteiger partial charge in [-0.1, -0.05) is 36.4 Å². The van der Waals surface area contributed by atoms with Crippen LogP contribution in [0.5, 0.6) is 0 Å². The van der Waals surface area contributed by atoms with E-state index in [2.05, 4.69) is 30.7 Å². The number of aromatic nitrogens is 5. The molecular formula is C19H18N8O2S. The number of sulfone groups is 1. The molecule has 2 aromatic heterocycles. The molecule has 0 aliphatic heterocycles. The maximum Gasteiger partial charge on any atom is 0.250 e. The van der Waals surface area contributed by atoms with Gasteiger partial charge >= 0.3 is 0 Å². The van der Waals surface area contributed by atoms with Gasteiger partial charge in [-0.25, -0.2) is 13.4 Å². The van der Waals surface area contributed by atoms with Crippen LogP contribution in [0.1, 0.15) is 0 Å². The smallest absolute Gasteiger partial charge is 0.250 e. The van der Waals surface area contributed by atoms with Crippen molar-refractivity contribution in [3.63, 3.8) is 0 Å². The Bertz CT molecular complexity index is 1270. The van der Waals surface area contributed by atoms with Crippen LogP contribution in [0.3, 0.4) is 0 Å². The van der Waals surface area contributed by atoms with E-state index in [9.17, 15) is 8.42 Å². The van der Waals surface area contributed by atoms with Gasteiger partial charge in [0.1, 0.15) is 5.82 Å². The highest BCUT2D eigenvalue weighted by atomic mass is 32.2. The van der Waals surface area contributed by atoms with Gasteiger partial charge < -0.3 is 16.4 Å². The van der Waals surface area contributed by atoms with Gasteiger partial charge in [0.2, 0.25) is 21.7 Å². The first-order chi connectivity index (χ1) is 14.4. The lowest BCUT2D eigenvalue weighted by atomic mass is 10.3. The molecule has 2 heterocycles. The van der Waals surface area contributed by atoms with E-state index in [1.54, 1.807) is 6.07 Å². The van der Waals surface area contributed by atoms with E-state index in [4.69, 9.17) is 5.73 Å². The summed E-state index contributed by atoms with van der Waals surface area (Å²) in [6.07, 6.45) is 1.03. The van der Waals surface area contributed by atoms with Crippen molar-refractivity contribution < 1.29 is 8.42 Å². The number of nitrogens with zero attached hydrogens (tertiary/aromatic N) is 5. The van der Waals surface area contributed by atoms with Gasteiger partial charge in [-0.2, -0.15) is 14.6 Å². The third-order valence-corrected chi connectivity index (χ3v) is 4.79. The first-order valence-electron chi connectivity index (χ1n) is 8.85. The monoisotopic (exact) mass is 422 g/mol. The molecule has 30 heavy (non-hydrogen) atoms. The van der Waals surface area contributed by atoms with E-state index < -0.39 is 9.84 Å². The predicted octanol–water partition coefficient (Wildman–Crippen LogP) is 2.53. The molecule has 0 unspecified atom stereocenters. The summed E-state index contributed by atoms with van der Waals surface area (Å²) in [6, 6.07) is 20.1. The molecule has 0 spiro atoms. The number of hydrogen-bond acceptors (Lipinski definition) is 9. The van der Waals surface area contributed by atoms with Gasteiger partial charge in [0, 0.05) is 23.7 Å². The van der Waals surface area contributed by atoms with Crippen molar-refractivity contribution in [2.45, 2.75) is 5.16 Å². The zero-order chi connectivity index (χ0) is 21.1. The summed E-state index contributed by atoms with van der Waals surface area (Å²) in [7, 11) is -3.68. The zero-order valence-electron chi connectivity index (χ0n) is 15.9. The Morgan fingerprint density at radius 2 is 1.47 bits per heavy atom. The second-order valence-electron chi connectivity index (χ2n) is 6.35. The van der Waals surface area contributed by atoms with Gasteiger partial charge in [0.05, 0.1) is 0 Å². The molecule has 0 saturated heterocycles. The van der Waals surface area contributed by atoms with Gasteiger partial charge in [-0.3, -0.25) is 0 Å². The van der Waals surface area contributed by atoms with Crippen molar-refractivity contribution in [3.05, 3.63) is 66.7 Å². The fraction of sp³-hybridized carbons (Fsp3) is 0.0526. The molecule has 0 aliphatic rings. The Morgan fingerprint density at radius 3 is 2.07 bits per heavy atom. The van der Waals surface area contributed by atoms with Crippen LogP contribution in [-0.4, -0.2) is 39.4 Å². The summed E-state index contributed by atoms with van der Waals surface area (Å²) < 4.78 is 25.5. The number of anilines is 5. The summed E-state index contributed by atoms with van der Waals surface area (Å²) in [5.41, 5.74) is 7.52. The molecule has 4 N–H and O–H groups in total. The maximum absolute atomic E-state index is 12.1. The summed E-state index contributed by atoms with van der Waals surface area (Å²) in [6.45, 7) is 0. The van der Waals surface area contributed by atoms with Crippen LogP contribution in [0.15, 0.2) is 71.9 Å². The largest absolute Gasteiger partial charge is 0.368 e. The minimum Gasteiger partial charge on any atom is -0.368 e. The molecule has 0 bridgehead atoms. The van der Waals surface area contributed by atoms with Crippen LogP contribution >= 0.6 is 0 Å². The van der Waals surface area contributed by atoms with Crippen molar-refractivity contribution in [2.24, 2.45) is 0 Å². The average Bonchev–Trinajstić information content (AvgIpc) is 3.08. The molecule has 4 aromatic rings. The van der Waals surface area contributed by atoms with E-state index in [0.717, 1.165) is 17.6 Å². The molecule has 0 saturated carbocycles. The fourth-order valence-corrected chi connectivity index (χ4v) is 3.14. The number of nitrogen functional groups attached to an aromatic ring is 1. The van der Waals surface area contributed by atoms with Crippen LogP contribution < -0.4 is 16.4 Å². The SMILES string of the molecule is CS(=O)(=O)c1nc(Nc2ccccc2)cc(-n2nc(Nc3ccccc3)nc2N)n1. The first kappa shape index (κ1) is 19.3. The molecule has 4 rings (SSSR count). The van der Waals surface area contributed by atoms with Crippen LogP contribution in [0, 0.1) is 0 Å². The van der Waals surface area contributed by atoms with Crippen molar-refractivity contribution in [3.8, 4) is 5.82 Å². The van der Waals surface area contributed by atoms with Crippen LogP contribution in [0.25, 0.3) is 5.82 Å². The first-order valence-corrected chi connectivity index (χ1v) is 10.7. The number of para-hydroxylation sites is 2. The van der Waals surface area contributed by atoms with Crippen molar-refractivity contribution in [1.29, 1.82) is 0 Å². The lowest BCUT2D eigenvalue weighted by molar-refractivity contribution is 0.592. The quantitative estimate of drug-likeness (QED) is 0.400. The van der Waals surface area contributed by atoms with Gasteiger partial charge in [-0.15, -0.1) is 5.10 Å². The Hall–Kier alpha value is -3.99. The molecular weight excluding hydrogens is 404 g/mol. The highest BCUT2D eigenvalue weighted by molar-refractivity contribution is 7.90. The fourth-order valence-electron chi connectivity index (χ4n) is 2.62. The molecule has 0 amide bonds. The van der Waals surface area contributed by atoms with Crippen molar-refractivity contribution in [1.82, 2.24) is 24.7 Å². The molecule has 0 fully saturated rings. The second kappa shape index (κ2) is 7.79. The van der Waals surface area contributed by atoms with Crippen LogP contribution in [0.4, 0.5) is 29.1 Å². The Labute approximate surface area is 172 Å². The second-order valence-corrected chi connectivity index (χ2v) is 8.26. The summed E-state index contributed by atoms with van der Waals surface area (Å²) in [5.74, 6) is 0.724. The van der Waals surface area contributed by atoms with Crippen LogP contribution in [0.2, 0.25) is 0 Å². The minimum atomic E-state index is -3.68. The van der Waals surface area contributed by atoms with Gasteiger partial charge in [0.25, 0.3) is 5.16 Å². The van der Waals surface area contributed by atoms with E-state index in [1.165, 1.54) is 4.68 Å². The Morgan fingerprint density at radius 1 is 0.867 bits per heavy atom. The molecule has 152 valence electrons.